The minimum absolute atomic E-state index is 0.381. The Kier molecular flexibility index (Phi) is 3.88. The average Bonchev–Trinajstić information content (AvgIpc) is 2.68. The topological polar surface area (TPSA) is 80.1 Å². The highest BCUT2D eigenvalue weighted by Crippen LogP contribution is 2.34. The highest BCUT2D eigenvalue weighted by molar-refractivity contribution is 8.03. The van der Waals surface area contributed by atoms with Crippen molar-refractivity contribution in [3.8, 4) is 5.40 Å². The van der Waals surface area contributed by atoms with Gasteiger partial charge in [0.15, 0.2) is 5.13 Å². The van der Waals surface area contributed by atoms with Crippen LogP contribution in [0, 0.1) is 10.7 Å². The molecule has 0 N–H and O–H groups in total. The Balaban J connectivity index is 2.50. The summed E-state index contributed by atoms with van der Waals surface area (Å²) in [7, 11) is 0. The summed E-state index contributed by atoms with van der Waals surface area (Å²) < 4.78 is 0.843. The largest absolute Gasteiger partial charge is 0.530 e. The van der Waals surface area contributed by atoms with Crippen LogP contribution in [0.5, 0.6) is 0 Å². The average molecular weight is 306 g/mol. The molecule has 0 saturated carbocycles. The molecular formula is C13H12N3O2S2-. The highest BCUT2D eigenvalue weighted by atomic mass is 32.2. The molecule has 1 aromatic carbocycles. The zero-order valence-electron chi connectivity index (χ0n) is 11.2. The van der Waals surface area contributed by atoms with Crippen molar-refractivity contribution in [1.29, 1.82) is 5.26 Å². The van der Waals surface area contributed by atoms with Gasteiger partial charge in [-0.05, 0) is 50.7 Å². The number of anilines is 1. The van der Waals surface area contributed by atoms with Crippen molar-refractivity contribution in [3.05, 3.63) is 18.2 Å². The van der Waals surface area contributed by atoms with E-state index in [4.69, 9.17) is 5.26 Å². The first-order valence-corrected chi connectivity index (χ1v) is 7.44. The fraction of sp³-hybridized carbons (Fsp3) is 0.308. The SMILES string of the molecule is CC(C)(C)N(C(=O)[O-])c1nc2ccc(SC#N)cc2s1. The number of carbonyl (C=O) groups is 1. The second kappa shape index (κ2) is 5.31. The van der Waals surface area contributed by atoms with Gasteiger partial charge in [-0.3, -0.25) is 4.90 Å². The summed E-state index contributed by atoms with van der Waals surface area (Å²) in [5.41, 5.74) is 0.0829. The normalized spacial score (nSPS) is 11.3. The second-order valence-corrected chi connectivity index (χ2v) is 6.96. The Bertz CT molecular complexity index is 698. The van der Waals surface area contributed by atoms with E-state index >= 15 is 0 Å². The van der Waals surface area contributed by atoms with Gasteiger partial charge in [-0.2, -0.15) is 5.26 Å². The molecule has 2 rings (SSSR count). The molecule has 0 radical (unpaired) electrons. The summed E-state index contributed by atoms with van der Waals surface area (Å²) in [6.07, 6.45) is -1.27. The fourth-order valence-electron chi connectivity index (χ4n) is 1.74. The second-order valence-electron chi connectivity index (χ2n) is 5.09. The van der Waals surface area contributed by atoms with E-state index in [0.717, 1.165) is 26.3 Å². The molecule has 0 spiro atoms. The van der Waals surface area contributed by atoms with Gasteiger partial charge >= 0.3 is 0 Å². The monoisotopic (exact) mass is 306 g/mol. The van der Waals surface area contributed by atoms with Crippen LogP contribution in [0.2, 0.25) is 0 Å². The number of nitriles is 1. The van der Waals surface area contributed by atoms with Crippen LogP contribution in [-0.2, 0) is 0 Å². The van der Waals surface area contributed by atoms with E-state index in [1.54, 1.807) is 32.9 Å². The molecular weight excluding hydrogens is 294 g/mol. The Morgan fingerprint density at radius 3 is 2.75 bits per heavy atom. The number of carbonyl (C=O) groups excluding carboxylic acids is 1. The van der Waals surface area contributed by atoms with E-state index in [9.17, 15) is 9.90 Å². The highest BCUT2D eigenvalue weighted by Gasteiger charge is 2.25. The van der Waals surface area contributed by atoms with Gasteiger partial charge in [0.05, 0.1) is 10.2 Å². The van der Waals surface area contributed by atoms with Crippen LogP contribution < -0.4 is 10.0 Å². The molecule has 0 unspecified atom stereocenters. The maximum atomic E-state index is 11.3. The molecule has 0 atom stereocenters. The minimum atomic E-state index is -1.27. The first kappa shape index (κ1) is 14.6. The van der Waals surface area contributed by atoms with E-state index < -0.39 is 11.6 Å². The zero-order chi connectivity index (χ0) is 14.9. The first-order chi connectivity index (χ1) is 9.32. The van der Waals surface area contributed by atoms with Gasteiger partial charge in [0.2, 0.25) is 0 Å². The molecule has 1 amide bonds. The van der Waals surface area contributed by atoms with Crippen molar-refractivity contribution < 1.29 is 9.90 Å². The Morgan fingerprint density at radius 2 is 2.20 bits per heavy atom. The zero-order valence-corrected chi connectivity index (χ0v) is 12.8. The molecule has 1 aromatic heterocycles. The molecule has 0 bridgehead atoms. The Hall–Kier alpha value is -1.78. The first-order valence-electron chi connectivity index (χ1n) is 5.80. The third-order valence-electron chi connectivity index (χ3n) is 2.56. The molecule has 0 aliphatic heterocycles. The molecule has 7 heteroatoms. The Morgan fingerprint density at radius 1 is 1.50 bits per heavy atom. The third kappa shape index (κ3) is 2.86. The number of amides is 1. The lowest BCUT2D eigenvalue weighted by Gasteiger charge is -2.35. The van der Waals surface area contributed by atoms with Crippen LogP contribution in [0.1, 0.15) is 20.8 Å². The number of hydrogen-bond acceptors (Lipinski definition) is 6. The summed E-state index contributed by atoms with van der Waals surface area (Å²) >= 11 is 2.33. The van der Waals surface area contributed by atoms with Gasteiger partial charge in [0.1, 0.15) is 11.5 Å². The van der Waals surface area contributed by atoms with Crippen LogP contribution in [0.25, 0.3) is 10.2 Å². The molecule has 0 aliphatic rings. The summed E-state index contributed by atoms with van der Waals surface area (Å²) in [5.74, 6) is 0. The van der Waals surface area contributed by atoms with E-state index in [2.05, 4.69) is 4.98 Å². The summed E-state index contributed by atoms with van der Waals surface area (Å²) in [5, 5.41) is 22.4. The summed E-state index contributed by atoms with van der Waals surface area (Å²) in [6, 6.07) is 5.41. The number of thiazole rings is 1. The lowest BCUT2D eigenvalue weighted by atomic mass is 10.1. The third-order valence-corrected chi connectivity index (χ3v) is 4.14. The van der Waals surface area contributed by atoms with Gasteiger partial charge in [-0.15, -0.1) is 0 Å². The van der Waals surface area contributed by atoms with Gasteiger partial charge < -0.3 is 9.90 Å². The number of carboxylic acid groups (broad SMARTS) is 1. The predicted molar refractivity (Wildman–Crippen MR) is 78.7 cm³/mol. The molecule has 1 heterocycles. The molecule has 0 saturated heterocycles. The number of benzene rings is 1. The van der Waals surface area contributed by atoms with E-state index in [-0.39, 0.29) is 0 Å². The Labute approximate surface area is 124 Å². The lowest BCUT2D eigenvalue weighted by molar-refractivity contribution is -0.247. The number of hydrogen-bond donors (Lipinski definition) is 0. The van der Waals surface area contributed by atoms with E-state index in [0.29, 0.717) is 10.6 Å². The van der Waals surface area contributed by atoms with Crippen molar-refractivity contribution in [2.75, 3.05) is 4.90 Å². The maximum absolute atomic E-state index is 11.3. The molecule has 0 aliphatic carbocycles. The number of thioether (sulfide) groups is 1. The van der Waals surface area contributed by atoms with Crippen LogP contribution in [0.4, 0.5) is 9.93 Å². The standard InChI is InChI=1S/C13H13N3O2S2/c1-13(2,3)16(12(17)18)11-15-9-5-4-8(19-7-14)6-10(9)20-11/h4-6H,1-3H3,(H,17,18)/p-1. The number of rotatable bonds is 2. The predicted octanol–water partition coefficient (Wildman–Crippen LogP) is 2.82. The maximum Gasteiger partial charge on any atom is 0.192 e. The summed E-state index contributed by atoms with van der Waals surface area (Å²) in [6.45, 7) is 5.35. The van der Waals surface area contributed by atoms with Crippen molar-refractivity contribution in [3.63, 3.8) is 0 Å². The number of nitrogens with zero attached hydrogens (tertiary/aromatic N) is 3. The van der Waals surface area contributed by atoms with Crippen LogP contribution in [0.3, 0.4) is 0 Å². The summed E-state index contributed by atoms with van der Waals surface area (Å²) in [4.78, 5) is 17.6. The lowest BCUT2D eigenvalue weighted by Crippen LogP contribution is -2.52. The van der Waals surface area contributed by atoms with Gasteiger partial charge in [-0.1, -0.05) is 11.3 Å². The molecule has 5 nitrogen and oxygen atoms in total. The van der Waals surface area contributed by atoms with Crippen molar-refractivity contribution in [2.24, 2.45) is 0 Å². The quantitative estimate of drug-likeness (QED) is 0.629. The number of fused-ring (bicyclic) bond motifs is 1. The van der Waals surface area contributed by atoms with Gasteiger partial charge in [0.25, 0.3) is 0 Å². The molecule has 104 valence electrons. The van der Waals surface area contributed by atoms with Crippen LogP contribution in [0.15, 0.2) is 23.1 Å². The van der Waals surface area contributed by atoms with Gasteiger partial charge in [-0.25, -0.2) is 4.98 Å². The van der Waals surface area contributed by atoms with Crippen LogP contribution >= 0.6 is 23.1 Å². The number of thiocyanates is 1. The smallest absolute Gasteiger partial charge is 0.192 e. The fourth-order valence-corrected chi connectivity index (χ4v) is 3.42. The number of aromatic nitrogens is 1. The van der Waals surface area contributed by atoms with Crippen molar-refractivity contribution in [2.45, 2.75) is 31.2 Å². The van der Waals surface area contributed by atoms with E-state index in [1.165, 1.54) is 11.3 Å². The van der Waals surface area contributed by atoms with Crippen molar-refractivity contribution >= 4 is 44.5 Å². The molecule has 0 fully saturated rings. The van der Waals surface area contributed by atoms with E-state index in [1.807, 2.05) is 11.5 Å². The molecule has 20 heavy (non-hydrogen) atoms. The minimum Gasteiger partial charge on any atom is -0.530 e. The van der Waals surface area contributed by atoms with Gasteiger partial charge in [0, 0.05) is 10.4 Å². The van der Waals surface area contributed by atoms with Crippen LogP contribution in [-0.4, -0.2) is 16.6 Å². The molecule has 2 aromatic rings. The van der Waals surface area contributed by atoms with Crippen molar-refractivity contribution in [1.82, 2.24) is 4.98 Å².